The second kappa shape index (κ2) is 7.70. The molecule has 1 aromatic rings. The Morgan fingerprint density at radius 2 is 2.23 bits per heavy atom. The molecule has 5 heteroatoms. The summed E-state index contributed by atoms with van der Waals surface area (Å²) in [6, 6.07) is 4.31. The first-order valence-electron chi connectivity index (χ1n) is 8.36. The van der Waals surface area contributed by atoms with Crippen molar-refractivity contribution < 1.29 is 9.53 Å². The number of morpholine rings is 1. The van der Waals surface area contributed by atoms with Gasteiger partial charge in [-0.1, -0.05) is 25.3 Å². The molecule has 1 saturated heterocycles. The van der Waals surface area contributed by atoms with E-state index in [0.29, 0.717) is 25.7 Å². The van der Waals surface area contributed by atoms with Crippen molar-refractivity contribution in [2.45, 2.75) is 50.8 Å². The van der Waals surface area contributed by atoms with E-state index in [4.69, 9.17) is 4.74 Å². The van der Waals surface area contributed by atoms with E-state index in [1.165, 1.54) is 19.3 Å². The molecule has 120 valence electrons. The molecule has 1 aliphatic carbocycles. The number of carbonyl (C=O) groups is 1. The molecule has 1 aliphatic heterocycles. The monoisotopic (exact) mass is 303 g/mol. The zero-order chi connectivity index (χ0) is 15.2. The lowest BCUT2D eigenvalue weighted by Crippen LogP contribution is -2.52. The first-order chi connectivity index (χ1) is 10.8. The Hall–Kier alpha value is -1.46. The molecule has 1 aromatic heterocycles. The number of nitrogens with zero attached hydrogens (tertiary/aromatic N) is 2. The standard InChI is InChI=1S/C17H25N3O2/c21-17(16-12-19-9-10-22-16)20(15-6-2-1-3-7-15)13-14-5-4-8-18-11-14/h4-5,8,11,15-16,19H,1-3,6-7,9-10,12-13H2. The van der Waals surface area contributed by atoms with Crippen LogP contribution in [0.5, 0.6) is 0 Å². The number of carbonyl (C=O) groups excluding carboxylic acids is 1. The van der Waals surface area contributed by atoms with Gasteiger partial charge >= 0.3 is 0 Å². The van der Waals surface area contributed by atoms with Crippen molar-refractivity contribution in [1.82, 2.24) is 15.2 Å². The third-order valence-corrected chi connectivity index (χ3v) is 4.58. The minimum Gasteiger partial charge on any atom is -0.366 e. The molecule has 1 unspecified atom stereocenters. The predicted molar refractivity (Wildman–Crippen MR) is 84.3 cm³/mol. The van der Waals surface area contributed by atoms with Crippen LogP contribution in [0.1, 0.15) is 37.7 Å². The van der Waals surface area contributed by atoms with Gasteiger partial charge in [0.1, 0.15) is 6.10 Å². The van der Waals surface area contributed by atoms with Crippen molar-refractivity contribution in [1.29, 1.82) is 0 Å². The summed E-state index contributed by atoms with van der Waals surface area (Å²) in [6.07, 6.45) is 9.20. The van der Waals surface area contributed by atoms with Gasteiger partial charge in [0.15, 0.2) is 0 Å². The minimum atomic E-state index is -0.340. The Kier molecular flexibility index (Phi) is 5.40. The van der Waals surface area contributed by atoms with Crippen molar-refractivity contribution >= 4 is 5.91 Å². The topological polar surface area (TPSA) is 54.5 Å². The van der Waals surface area contributed by atoms with E-state index in [1.807, 2.05) is 23.2 Å². The van der Waals surface area contributed by atoms with Crippen LogP contribution in [0.25, 0.3) is 0 Å². The smallest absolute Gasteiger partial charge is 0.253 e. The van der Waals surface area contributed by atoms with Gasteiger partial charge in [0.05, 0.1) is 6.61 Å². The fourth-order valence-corrected chi connectivity index (χ4v) is 3.38. The molecule has 1 atom stereocenters. The average molecular weight is 303 g/mol. The number of ether oxygens (including phenoxy) is 1. The molecule has 22 heavy (non-hydrogen) atoms. The van der Waals surface area contributed by atoms with Gasteiger partial charge in [-0.3, -0.25) is 9.78 Å². The fourth-order valence-electron chi connectivity index (χ4n) is 3.38. The van der Waals surface area contributed by atoms with Crippen molar-refractivity contribution in [2.24, 2.45) is 0 Å². The van der Waals surface area contributed by atoms with E-state index in [2.05, 4.69) is 10.3 Å². The number of rotatable bonds is 4. The lowest BCUT2D eigenvalue weighted by atomic mass is 9.93. The maximum atomic E-state index is 12.9. The highest BCUT2D eigenvalue weighted by atomic mass is 16.5. The normalized spacial score (nSPS) is 23.2. The van der Waals surface area contributed by atoms with Crippen LogP contribution in [0.15, 0.2) is 24.5 Å². The van der Waals surface area contributed by atoms with Gasteiger partial charge in [0.2, 0.25) is 0 Å². The van der Waals surface area contributed by atoms with Crippen molar-refractivity contribution in [3.8, 4) is 0 Å². The molecule has 2 heterocycles. The molecule has 0 radical (unpaired) electrons. The zero-order valence-electron chi connectivity index (χ0n) is 13.0. The Balaban J connectivity index is 1.73. The van der Waals surface area contributed by atoms with E-state index in [-0.39, 0.29) is 12.0 Å². The Morgan fingerprint density at radius 1 is 1.36 bits per heavy atom. The van der Waals surface area contributed by atoms with Crippen molar-refractivity contribution in [3.63, 3.8) is 0 Å². The average Bonchev–Trinajstić information content (AvgIpc) is 2.61. The maximum Gasteiger partial charge on any atom is 0.253 e. The first-order valence-corrected chi connectivity index (χ1v) is 8.36. The van der Waals surface area contributed by atoms with Crippen LogP contribution in [-0.2, 0) is 16.1 Å². The third-order valence-electron chi connectivity index (χ3n) is 4.58. The largest absolute Gasteiger partial charge is 0.366 e. The summed E-state index contributed by atoms with van der Waals surface area (Å²) in [4.78, 5) is 19.2. The molecule has 1 saturated carbocycles. The molecule has 1 N–H and O–H groups in total. The van der Waals surface area contributed by atoms with E-state index in [0.717, 1.165) is 24.9 Å². The molecule has 0 spiro atoms. The SMILES string of the molecule is O=C(C1CNCCO1)N(Cc1cccnc1)C1CCCCC1. The van der Waals surface area contributed by atoms with Gasteiger partial charge in [-0.05, 0) is 24.5 Å². The van der Waals surface area contributed by atoms with Gasteiger partial charge in [-0.15, -0.1) is 0 Å². The number of pyridine rings is 1. The highest BCUT2D eigenvalue weighted by Gasteiger charge is 2.32. The third kappa shape index (κ3) is 3.84. The van der Waals surface area contributed by atoms with Crippen molar-refractivity contribution in [3.05, 3.63) is 30.1 Å². The highest BCUT2D eigenvalue weighted by molar-refractivity contribution is 5.81. The summed E-state index contributed by atoms with van der Waals surface area (Å²) >= 11 is 0. The molecule has 0 bridgehead atoms. The van der Waals surface area contributed by atoms with Crippen LogP contribution in [0.4, 0.5) is 0 Å². The van der Waals surface area contributed by atoms with Gasteiger partial charge in [-0.2, -0.15) is 0 Å². The number of aromatic nitrogens is 1. The first kappa shape index (κ1) is 15.4. The number of hydrogen-bond donors (Lipinski definition) is 1. The number of hydrogen-bond acceptors (Lipinski definition) is 4. The maximum absolute atomic E-state index is 12.9. The molecular formula is C17H25N3O2. The van der Waals surface area contributed by atoms with Gasteiger partial charge in [0, 0.05) is 38.1 Å². The summed E-state index contributed by atoms with van der Waals surface area (Å²) in [5.74, 6) is 0.128. The molecule has 1 amide bonds. The van der Waals surface area contributed by atoms with E-state index >= 15 is 0 Å². The summed E-state index contributed by atoms with van der Waals surface area (Å²) in [5.41, 5.74) is 1.09. The predicted octanol–water partition coefficient (Wildman–Crippen LogP) is 1.73. The van der Waals surface area contributed by atoms with E-state index in [9.17, 15) is 4.79 Å². The zero-order valence-corrected chi connectivity index (χ0v) is 13.0. The molecule has 0 aromatic carbocycles. The Labute approximate surface area is 132 Å². The van der Waals surface area contributed by atoms with Gasteiger partial charge in [-0.25, -0.2) is 0 Å². The molecule has 2 fully saturated rings. The molecule has 5 nitrogen and oxygen atoms in total. The minimum absolute atomic E-state index is 0.128. The lowest BCUT2D eigenvalue weighted by Gasteiger charge is -2.37. The second-order valence-corrected chi connectivity index (χ2v) is 6.18. The van der Waals surface area contributed by atoms with Crippen LogP contribution in [0.2, 0.25) is 0 Å². The lowest BCUT2D eigenvalue weighted by molar-refractivity contribution is -0.149. The summed E-state index contributed by atoms with van der Waals surface area (Å²) < 4.78 is 5.68. The van der Waals surface area contributed by atoms with E-state index in [1.54, 1.807) is 6.20 Å². The number of amides is 1. The second-order valence-electron chi connectivity index (χ2n) is 6.18. The summed E-state index contributed by atoms with van der Waals surface area (Å²) in [7, 11) is 0. The van der Waals surface area contributed by atoms with Crippen LogP contribution in [0.3, 0.4) is 0 Å². The summed E-state index contributed by atoms with van der Waals surface area (Å²) in [6.45, 7) is 2.70. The highest BCUT2D eigenvalue weighted by Crippen LogP contribution is 2.25. The van der Waals surface area contributed by atoms with Crippen LogP contribution in [-0.4, -0.2) is 47.6 Å². The van der Waals surface area contributed by atoms with Crippen molar-refractivity contribution in [2.75, 3.05) is 19.7 Å². The molecule has 2 aliphatic rings. The quantitative estimate of drug-likeness (QED) is 0.920. The van der Waals surface area contributed by atoms with Crippen LogP contribution >= 0.6 is 0 Å². The fraction of sp³-hybridized carbons (Fsp3) is 0.647. The Bertz CT molecular complexity index is 468. The molecular weight excluding hydrogens is 278 g/mol. The van der Waals surface area contributed by atoms with Gasteiger partial charge < -0.3 is 15.0 Å². The summed E-state index contributed by atoms with van der Waals surface area (Å²) in [5, 5.41) is 3.25. The van der Waals surface area contributed by atoms with Crippen LogP contribution < -0.4 is 5.32 Å². The van der Waals surface area contributed by atoms with Gasteiger partial charge in [0.25, 0.3) is 5.91 Å². The number of nitrogens with one attached hydrogen (secondary N) is 1. The Morgan fingerprint density at radius 3 is 2.91 bits per heavy atom. The van der Waals surface area contributed by atoms with E-state index < -0.39 is 0 Å². The van der Waals surface area contributed by atoms with Crippen LogP contribution in [0, 0.1) is 0 Å². The molecule has 3 rings (SSSR count).